The van der Waals surface area contributed by atoms with Crippen LogP contribution in [-0.4, -0.2) is 57.1 Å². The Morgan fingerprint density at radius 2 is 1.55 bits per heavy atom. The highest BCUT2D eigenvalue weighted by Gasteiger charge is 2.27. The first kappa shape index (κ1) is 23.2. The molecule has 0 atom stereocenters. The minimum atomic E-state index is -3.47. The van der Waals surface area contributed by atoms with Crippen molar-refractivity contribution in [3.63, 3.8) is 0 Å². The number of rotatable bonds is 6. The highest BCUT2D eigenvalue weighted by molar-refractivity contribution is 7.89. The molecule has 2 aromatic carbocycles. The van der Waals surface area contributed by atoms with Gasteiger partial charge < -0.3 is 10.2 Å². The molecule has 0 aromatic heterocycles. The number of amides is 1. The monoisotopic (exact) mass is 447 g/mol. The van der Waals surface area contributed by atoms with Crippen LogP contribution in [0.4, 0.5) is 10.1 Å². The van der Waals surface area contributed by atoms with E-state index in [0.717, 1.165) is 11.3 Å². The Hall–Kier alpha value is -2.45. The molecule has 0 unspecified atom stereocenters. The molecule has 168 valence electrons. The number of carbonyl (C=O) groups excluding carboxylic acids is 1. The van der Waals surface area contributed by atoms with Gasteiger partial charge in [-0.2, -0.15) is 4.31 Å². The summed E-state index contributed by atoms with van der Waals surface area (Å²) in [5, 5.41) is 2.70. The van der Waals surface area contributed by atoms with E-state index in [9.17, 15) is 17.6 Å². The van der Waals surface area contributed by atoms with Gasteiger partial charge in [0.2, 0.25) is 10.0 Å². The van der Waals surface area contributed by atoms with E-state index >= 15 is 0 Å². The Morgan fingerprint density at radius 1 is 0.968 bits per heavy atom. The number of piperazine rings is 1. The third-order valence-corrected chi connectivity index (χ3v) is 7.35. The number of sulfonamides is 1. The van der Waals surface area contributed by atoms with E-state index < -0.39 is 10.0 Å². The van der Waals surface area contributed by atoms with Crippen LogP contribution in [0.3, 0.4) is 0 Å². The van der Waals surface area contributed by atoms with E-state index in [4.69, 9.17) is 0 Å². The van der Waals surface area contributed by atoms with Gasteiger partial charge in [0.25, 0.3) is 5.91 Å². The average molecular weight is 448 g/mol. The molecule has 1 N–H and O–H groups in total. The second-order valence-corrected chi connectivity index (χ2v) is 10.9. The standard InChI is InChI=1S/C23H30FN3O3S/c1-23(2,3)19-6-4-18(5-7-19)22(28)25-12-17-31(29,30)27-15-13-26(14-16-27)21-10-8-20(24)9-11-21/h4-11H,12-17H2,1-3H3,(H,25,28). The molecule has 1 aliphatic rings. The molecule has 1 fully saturated rings. The van der Waals surface area contributed by atoms with Crippen LogP contribution < -0.4 is 10.2 Å². The fraction of sp³-hybridized carbons (Fsp3) is 0.435. The van der Waals surface area contributed by atoms with Gasteiger partial charge >= 0.3 is 0 Å². The number of carbonyl (C=O) groups is 1. The zero-order chi connectivity index (χ0) is 22.6. The molecule has 0 aliphatic carbocycles. The van der Waals surface area contributed by atoms with Crippen molar-refractivity contribution in [1.29, 1.82) is 0 Å². The normalized spacial score (nSPS) is 15.7. The number of hydrogen-bond donors (Lipinski definition) is 1. The molecule has 1 heterocycles. The predicted octanol–water partition coefficient (Wildman–Crippen LogP) is 3.01. The quantitative estimate of drug-likeness (QED) is 0.739. The largest absolute Gasteiger partial charge is 0.369 e. The van der Waals surface area contributed by atoms with Crippen LogP contribution in [0.15, 0.2) is 48.5 Å². The molecule has 0 spiro atoms. The molecule has 3 rings (SSSR count). The van der Waals surface area contributed by atoms with Crippen molar-refractivity contribution in [2.24, 2.45) is 0 Å². The molecular weight excluding hydrogens is 417 g/mol. The third kappa shape index (κ3) is 6.04. The summed E-state index contributed by atoms with van der Waals surface area (Å²) in [5.74, 6) is -0.719. The Kier molecular flexibility index (Phi) is 7.01. The summed E-state index contributed by atoms with van der Waals surface area (Å²) in [7, 11) is -3.47. The summed E-state index contributed by atoms with van der Waals surface area (Å²) in [5.41, 5.74) is 2.52. The van der Waals surface area contributed by atoms with E-state index in [2.05, 4.69) is 26.1 Å². The number of hydrogen-bond acceptors (Lipinski definition) is 4. The lowest BCUT2D eigenvalue weighted by Crippen LogP contribution is -2.50. The minimum Gasteiger partial charge on any atom is -0.369 e. The van der Waals surface area contributed by atoms with Crippen LogP contribution in [0, 0.1) is 5.82 Å². The smallest absolute Gasteiger partial charge is 0.251 e. The van der Waals surface area contributed by atoms with E-state index in [1.807, 2.05) is 17.0 Å². The van der Waals surface area contributed by atoms with Crippen molar-refractivity contribution < 1.29 is 17.6 Å². The minimum absolute atomic E-state index is 0.00378. The van der Waals surface area contributed by atoms with Gasteiger partial charge in [0.15, 0.2) is 0 Å². The van der Waals surface area contributed by atoms with E-state index in [1.165, 1.54) is 16.4 Å². The van der Waals surface area contributed by atoms with Crippen molar-refractivity contribution in [1.82, 2.24) is 9.62 Å². The van der Waals surface area contributed by atoms with Gasteiger partial charge in [-0.1, -0.05) is 32.9 Å². The second kappa shape index (κ2) is 9.36. The van der Waals surface area contributed by atoms with Crippen LogP contribution >= 0.6 is 0 Å². The topological polar surface area (TPSA) is 69.7 Å². The first-order chi connectivity index (χ1) is 14.6. The molecule has 31 heavy (non-hydrogen) atoms. The van der Waals surface area contributed by atoms with Crippen LogP contribution in [0.25, 0.3) is 0 Å². The average Bonchev–Trinajstić information content (AvgIpc) is 2.74. The second-order valence-electron chi connectivity index (χ2n) is 8.76. The number of halogens is 1. The van der Waals surface area contributed by atoms with Crippen LogP contribution in [-0.2, 0) is 15.4 Å². The Morgan fingerprint density at radius 3 is 2.10 bits per heavy atom. The van der Waals surface area contributed by atoms with Crippen LogP contribution in [0.2, 0.25) is 0 Å². The maximum Gasteiger partial charge on any atom is 0.251 e. The van der Waals surface area contributed by atoms with Crippen molar-refractivity contribution in [3.05, 3.63) is 65.5 Å². The molecular formula is C23H30FN3O3S. The highest BCUT2D eigenvalue weighted by Crippen LogP contribution is 2.22. The molecule has 1 amide bonds. The summed E-state index contributed by atoms with van der Waals surface area (Å²) < 4.78 is 39.8. The number of benzene rings is 2. The Bertz CT molecular complexity index is 992. The molecule has 1 saturated heterocycles. The zero-order valence-corrected chi connectivity index (χ0v) is 19.1. The number of nitrogens with one attached hydrogen (secondary N) is 1. The van der Waals surface area contributed by atoms with Crippen molar-refractivity contribution in [2.75, 3.05) is 43.4 Å². The molecule has 2 aromatic rings. The van der Waals surface area contributed by atoms with Gasteiger partial charge in [-0.05, 0) is 47.4 Å². The fourth-order valence-electron chi connectivity index (χ4n) is 3.52. The van der Waals surface area contributed by atoms with Gasteiger partial charge in [0, 0.05) is 44.0 Å². The summed E-state index contributed by atoms with van der Waals surface area (Å²) in [6.45, 7) is 8.17. The molecule has 0 radical (unpaired) electrons. The van der Waals surface area contributed by atoms with Gasteiger partial charge in [0.05, 0.1) is 5.75 Å². The molecule has 6 nitrogen and oxygen atoms in total. The van der Waals surface area contributed by atoms with Gasteiger partial charge in [-0.15, -0.1) is 0 Å². The third-order valence-electron chi connectivity index (χ3n) is 5.48. The lowest BCUT2D eigenvalue weighted by atomic mass is 9.87. The van der Waals surface area contributed by atoms with Gasteiger partial charge in [-0.3, -0.25) is 4.79 Å². The number of anilines is 1. The van der Waals surface area contributed by atoms with Crippen LogP contribution in [0.1, 0.15) is 36.7 Å². The summed E-state index contributed by atoms with van der Waals surface area (Å²) in [4.78, 5) is 14.4. The predicted molar refractivity (Wildman–Crippen MR) is 121 cm³/mol. The molecule has 0 bridgehead atoms. The van der Waals surface area contributed by atoms with E-state index in [1.54, 1.807) is 24.3 Å². The van der Waals surface area contributed by atoms with Gasteiger partial charge in [-0.25, -0.2) is 12.8 Å². The Balaban J connectivity index is 1.48. The molecule has 8 heteroatoms. The maximum absolute atomic E-state index is 13.1. The molecule has 0 saturated carbocycles. The van der Waals surface area contributed by atoms with E-state index in [-0.39, 0.29) is 29.4 Å². The lowest BCUT2D eigenvalue weighted by molar-refractivity contribution is 0.0956. The van der Waals surface area contributed by atoms with Crippen molar-refractivity contribution >= 4 is 21.6 Å². The summed E-state index contributed by atoms with van der Waals surface area (Å²) >= 11 is 0. The molecule has 1 aliphatic heterocycles. The van der Waals surface area contributed by atoms with E-state index in [0.29, 0.717) is 31.7 Å². The lowest BCUT2D eigenvalue weighted by Gasteiger charge is -2.35. The summed E-state index contributed by atoms with van der Waals surface area (Å²) in [6.07, 6.45) is 0. The SMILES string of the molecule is CC(C)(C)c1ccc(C(=O)NCCS(=O)(=O)N2CCN(c3ccc(F)cc3)CC2)cc1. The Labute approximate surface area is 184 Å². The van der Waals surface area contributed by atoms with Crippen molar-refractivity contribution in [3.8, 4) is 0 Å². The van der Waals surface area contributed by atoms with Crippen molar-refractivity contribution in [2.45, 2.75) is 26.2 Å². The number of nitrogens with zero attached hydrogens (tertiary/aromatic N) is 2. The first-order valence-corrected chi connectivity index (χ1v) is 12.0. The highest BCUT2D eigenvalue weighted by atomic mass is 32.2. The first-order valence-electron chi connectivity index (χ1n) is 10.4. The maximum atomic E-state index is 13.1. The van der Waals surface area contributed by atoms with Crippen LogP contribution in [0.5, 0.6) is 0 Å². The van der Waals surface area contributed by atoms with Gasteiger partial charge in [0.1, 0.15) is 5.82 Å². The zero-order valence-electron chi connectivity index (χ0n) is 18.3. The fourth-order valence-corrected chi connectivity index (χ4v) is 4.86. The summed E-state index contributed by atoms with van der Waals surface area (Å²) in [6, 6.07) is 13.6.